The van der Waals surface area contributed by atoms with Crippen LogP contribution in [0.2, 0.25) is 0 Å². The van der Waals surface area contributed by atoms with Crippen LogP contribution in [0, 0.1) is 0 Å². The lowest BCUT2D eigenvalue weighted by atomic mass is 10.1. The van der Waals surface area contributed by atoms with Gasteiger partial charge in [0, 0.05) is 11.4 Å². The Hall–Kier alpha value is -0.940. The maximum atomic E-state index is 11.7. The molecule has 0 aromatic carbocycles. The van der Waals surface area contributed by atoms with Crippen molar-refractivity contribution in [2.45, 2.75) is 58.5 Å². The van der Waals surface area contributed by atoms with Gasteiger partial charge in [0.05, 0.1) is 12.6 Å². The quantitative estimate of drug-likeness (QED) is 0.752. The van der Waals surface area contributed by atoms with Crippen molar-refractivity contribution in [1.82, 2.24) is 9.88 Å². The molecule has 1 aromatic rings. The van der Waals surface area contributed by atoms with Crippen molar-refractivity contribution in [1.29, 1.82) is 0 Å². The van der Waals surface area contributed by atoms with Gasteiger partial charge in [0.25, 0.3) is 0 Å². The molecule has 4 nitrogen and oxygen atoms in total. The maximum absolute atomic E-state index is 11.7. The van der Waals surface area contributed by atoms with Crippen molar-refractivity contribution in [2.75, 3.05) is 13.2 Å². The monoisotopic (exact) mass is 296 g/mol. The highest BCUT2D eigenvalue weighted by Gasteiger charge is 2.31. The zero-order valence-electron chi connectivity index (χ0n) is 12.6. The lowest BCUT2D eigenvalue weighted by Crippen LogP contribution is -2.32. The summed E-state index contributed by atoms with van der Waals surface area (Å²) in [4.78, 5) is 18.7. The minimum absolute atomic E-state index is 0.304. The van der Waals surface area contributed by atoms with Gasteiger partial charge in [-0.1, -0.05) is 13.3 Å². The van der Waals surface area contributed by atoms with E-state index in [1.807, 2.05) is 12.3 Å². The Balaban J connectivity index is 2.08. The number of nitrogens with zero attached hydrogens (tertiary/aromatic N) is 2. The molecule has 0 saturated carbocycles. The minimum Gasteiger partial charge on any atom is -0.461 e. The van der Waals surface area contributed by atoms with Gasteiger partial charge in [-0.25, -0.2) is 9.78 Å². The highest BCUT2D eigenvalue weighted by molar-refractivity contribution is 7.09. The van der Waals surface area contributed by atoms with Crippen molar-refractivity contribution < 1.29 is 9.53 Å². The molecule has 112 valence electrons. The molecular formula is C15H24N2O2S. The summed E-state index contributed by atoms with van der Waals surface area (Å²) in [5, 5.41) is 2.89. The Morgan fingerprint density at radius 1 is 1.60 bits per heavy atom. The van der Waals surface area contributed by atoms with Crippen LogP contribution in [0.15, 0.2) is 5.38 Å². The van der Waals surface area contributed by atoms with E-state index in [1.165, 1.54) is 19.3 Å². The van der Waals surface area contributed by atoms with Crippen LogP contribution in [-0.2, 0) is 4.74 Å². The maximum Gasteiger partial charge on any atom is 0.357 e. The second-order valence-electron chi connectivity index (χ2n) is 5.33. The molecule has 0 spiro atoms. The highest BCUT2D eigenvalue weighted by Crippen LogP contribution is 2.36. The van der Waals surface area contributed by atoms with Gasteiger partial charge in [-0.15, -0.1) is 11.3 Å². The molecule has 2 rings (SSSR count). The first-order chi connectivity index (χ1) is 9.67. The number of likely N-dealkylation sites (tertiary alicyclic amines) is 1. The minimum atomic E-state index is -0.304. The topological polar surface area (TPSA) is 42.4 Å². The molecule has 2 atom stereocenters. The van der Waals surface area contributed by atoms with E-state index in [9.17, 15) is 4.79 Å². The van der Waals surface area contributed by atoms with E-state index in [0.29, 0.717) is 24.4 Å². The Labute approximate surface area is 125 Å². The fourth-order valence-electron chi connectivity index (χ4n) is 2.90. The SMILES string of the molecule is CCCC(C)N1CCCC1c1nc(C(=O)OCC)cs1. The number of hydrogen-bond donors (Lipinski definition) is 0. The van der Waals surface area contributed by atoms with Crippen molar-refractivity contribution in [3.05, 3.63) is 16.1 Å². The van der Waals surface area contributed by atoms with Gasteiger partial charge >= 0.3 is 5.97 Å². The lowest BCUT2D eigenvalue weighted by molar-refractivity contribution is 0.0520. The third-order valence-corrected chi connectivity index (χ3v) is 4.80. The average Bonchev–Trinajstić information content (AvgIpc) is 3.08. The van der Waals surface area contributed by atoms with E-state index in [2.05, 4.69) is 23.7 Å². The van der Waals surface area contributed by atoms with Gasteiger partial charge in [-0.3, -0.25) is 4.90 Å². The summed E-state index contributed by atoms with van der Waals surface area (Å²) in [6.07, 6.45) is 4.78. The molecule has 1 saturated heterocycles. The van der Waals surface area contributed by atoms with E-state index in [4.69, 9.17) is 4.74 Å². The summed E-state index contributed by atoms with van der Waals surface area (Å²) in [5.74, 6) is -0.304. The van der Waals surface area contributed by atoms with E-state index < -0.39 is 0 Å². The fourth-order valence-corrected chi connectivity index (χ4v) is 3.85. The molecule has 1 aliphatic heterocycles. The molecule has 2 unspecified atom stereocenters. The van der Waals surface area contributed by atoms with Crippen molar-refractivity contribution in [3.8, 4) is 0 Å². The molecule has 0 amide bonds. The number of esters is 1. The molecule has 2 heterocycles. The summed E-state index contributed by atoms with van der Waals surface area (Å²) in [6, 6.07) is 0.965. The molecule has 0 bridgehead atoms. The first kappa shape index (κ1) is 15.4. The van der Waals surface area contributed by atoms with Crippen LogP contribution in [-0.4, -0.2) is 35.0 Å². The van der Waals surface area contributed by atoms with Gasteiger partial charge in [0.2, 0.25) is 0 Å². The predicted octanol–water partition coefficient (Wildman–Crippen LogP) is 3.65. The molecule has 20 heavy (non-hydrogen) atoms. The predicted molar refractivity (Wildman–Crippen MR) is 81.1 cm³/mol. The van der Waals surface area contributed by atoms with Crippen LogP contribution in [0.1, 0.15) is 68.0 Å². The van der Waals surface area contributed by atoms with Crippen LogP contribution in [0.3, 0.4) is 0 Å². The molecular weight excluding hydrogens is 272 g/mol. The molecule has 0 N–H and O–H groups in total. The second kappa shape index (κ2) is 7.18. The number of rotatable bonds is 6. The first-order valence-corrected chi connectivity index (χ1v) is 8.43. The van der Waals surface area contributed by atoms with Crippen LogP contribution >= 0.6 is 11.3 Å². The summed E-state index contributed by atoms with van der Waals surface area (Å²) in [5.41, 5.74) is 0.460. The number of hydrogen-bond acceptors (Lipinski definition) is 5. The third kappa shape index (κ3) is 3.38. The zero-order chi connectivity index (χ0) is 14.5. The smallest absolute Gasteiger partial charge is 0.357 e. The normalized spacial score (nSPS) is 21.1. The molecule has 1 aliphatic rings. The Morgan fingerprint density at radius 3 is 3.10 bits per heavy atom. The lowest BCUT2D eigenvalue weighted by Gasteiger charge is -2.29. The molecule has 0 radical (unpaired) electrons. The highest BCUT2D eigenvalue weighted by atomic mass is 32.1. The molecule has 1 fully saturated rings. The van der Waals surface area contributed by atoms with Gasteiger partial charge in [0.15, 0.2) is 5.69 Å². The van der Waals surface area contributed by atoms with Gasteiger partial charge in [0.1, 0.15) is 5.01 Å². The largest absolute Gasteiger partial charge is 0.461 e. The van der Waals surface area contributed by atoms with Crippen molar-refractivity contribution in [2.24, 2.45) is 0 Å². The molecule has 5 heteroatoms. The molecule has 1 aromatic heterocycles. The Kier molecular flexibility index (Phi) is 5.54. The van der Waals surface area contributed by atoms with Crippen molar-refractivity contribution in [3.63, 3.8) is 0 Å². The van der Waals surface area contributed by atoms with Gasteiger partial charge in [-0.05, 0) is 39.7 Å². The Morgan fingerprint density at radius 2 is 2.40 bits per heavy atom. The fraction of sp³-hybridized carbons (Fsp3) is 0.733. The van der Waals surface area contributed by atoms with Crippen LogP contribution in [0.25, 0.3) is 0 Å². The van der Waals surface area contributed by atoms with Crippen LogP contribution in [0.4, 0.5) is 0 Å². The molecule has 0 aliphatic carbocycles. The first-order valence-electron chi connectivity index (χ1n) is 7.55. The summed E-state index contributed by atoms with van der Waals surface area (Å²) in [6.45, 7) is 7.87. The van der Waals surface area contributed by atoms with E-state index in [0.717, 1.165) is 18.0 Å². The third-order valence-electron chi connectivity index (χ3n) is 3.86. The number of thiazole rings is 1. The van der Waals surface area contributed by atoms with E-state index in [1.54, 1.807) is 11.3 Å². The van der Waals surface area contributed by atoms with E-state index in [-0.39, 0.29) is 5.97 Å². The summed E-state index contributed by atoms with van der Waals surface area (Å²) < 4.78 is 5.01. The van der Waals surface area contributed by atoms with Gasteiger partial charge in [-0.2, -0.15) is 0 Å². The van der Waals surface area contributed by atoms with Gasteiger partial charge < -0.3 is 4.74 Å². The summed E-state index contributed by atoms with van der Waals surface area (Å²) in [7, 11) is 0. The average molecular weight is 296 g/mol. The number of ether oxygens (including phenoxy) is 1. The van der Waals surface area contributed by atoms with Crippen molar-refractivity contribution >= 4 is 17.3 Å². The van der Waals surface area contributed by atoms with Crippen LogP contribution < -0.4 is 0 Å². The van der Waals surface area contributed by atoms with E-state index >= 15 is 0 Å². The number of carbonyl (C=O) groups is 1. The second-order valence-corrected chi connectivity index (χ2v) is 6.21. The number of carbonyl (C=O) groups excluding carboxylic acids is 1. The number of aromatic nitrogens is 1. The Bertz CT molecular complexity index is 447. The summed E-state index contributed by atoms with van der Waals surface area (Å²) >= 11 is 1.59. The standard InChI is InChI=1S/C15H24N2O2S/c1-4-7-11(3)17-9-6-8-13(17)14-16-12(10-20-14)15(18)19-5-2/h10-11,13H,4-9H2,1-3H3. The van der Waals surface area contributed by atoms with Crippen LogP contribution in [0.5, 0.6) is 0 Å². The zero-order valence-corrected chi connectivity index (χ0v) is 13.4.